The number of nitrogens with two attached hydrogens (primary N) is 2. The van der Waals surface area contributed by atoms with Crippen LogP contribution in [0, 0.1) is 0 Å². The Morgan fingerprint density at radius 1 is 1.06 bits per heavy atom. The Morgan fingerprint density at radius 3 is 2.39 bits per heavy atom. The Kier molecular flexibility index (Phi) is 4.07. The maximum atomic E-state index is 6.14. The molecule has 0 aliphatic rings. The van der Waals surface area contributed by atoms with Gasteiger partial charge in [0.1, 0.15) is 12.4 Å². The third kappa shape index (κ3) is 3.15. The molecule has 0 unspecified atom stereocenters. The highest BCUT2D eigenvalue weighted by Gasteiger charge is 2.02. The average molecular weight is 263 g/mol. The molecule has 2 rings (SSSR count). The molecule has 0 aliphatic heterocycles. The van der Waals surface area contributed by atoms with Crippen LogP contribution < -0.4 is 16.2 Å². The van der Waals surface area contributed by atoms with E-state index < -0.39 is 0 Å². The number of anilines is 1. The summed E-state index contributed by atoms with van der Waals surface area (Å²) in [5.74, 6) is 0.767. The summed E-state index contributed by atoms with van der Waals surface area (Å²) < 4.78 is 5.63. The number of hydrogen-bond donors (Lipinski definition) is 2. The van der Waals surface area contributed by atoms with Gasteiger partial charge in [0.15, 0.2) is 0 Å². The van der Waals surface area contributed by atoms with E-state index in [-0.39, 0.29) is 0 Å². The van der Waals surface area contributed by atoms with Crippen LogP contribution in [0.1, 0.15) is 11.1 Å². The van der Waals surface area contributed by atoms with Gasteiger partial charge in [0.25, 0.3) is 0 Å². The van der Waals surface area contributed by atoms with E-state index in [0.717, 1.165) is 16.9 Å². The lowest BCUT2D eigenvalue weighted by molar-refractivity contribution is 0.306. The number of halogens is 1. The monoisotopic (exact) mass is 262 g/mol. The highest BCUT2D eigenvalue weighted by Crippen LogP contribution is 2.21. The van der Waals surface area contributed by atoms with Gasteiger partial charge in [-0.15, -0.1) is 0 Å². The smallest absolute Gasteiger partial charge is 0.119 e. The molecule has 4 heteroatoms. The number of rotatable bonds is 4. The lowest BCUT2D eigenvalue weighted by Crippen LogP contribution is -2.00. The summed E-state index contributed by atoms with van der Waals surface area (Å²) in [5, 5.41) is 0.674. The van der Waals surface area contributed by atoms with Gasteiger partial charge in [-0.2, -0.15) is 0 Å². The second-order valence-corrected chi connectivity index (χ2v) is 4.39. The predicted octanol–water partition coefficient (Wildman–Crippen LogP) is 2.96. The van der Waals surface area contributed by atoms with Crippen LogP contribution in [0.4, 0.5) is 5.69 Å². The van der Waals surface area contributed by atoms with E-state index in [9.17, 15) is 0 Å². The minimum absolute atomic E-state index is 0.424. The fourth-order valence-corrected chi connectivity index (χ4v) is 1.82. The van der Waals surface area contributed by atoms with Gasteiger partial charge in [-0.25, -0.2) is 0 Å². The Balaban J connectivity index is 2.04. The molecule has 0 fully saturated rings. The maximum Gasteiger partial charge on any atom is 0.119 e. The molecule has 94 valence electrons. The minimum atomic E-state index is 0.424. The fourth-order valence-electron chi connectivity index (χ4n) is 1.56. The van der Waals surface area contributed by atoms with Gasteiger partial charge in [-0.1, -0.05) is 23.7 Å². The van der Waals surface area contributed by atoms with Gasteiger partial charge in [0, 0.05) is 22.8 Å². The molecule has 2 aromatic rings. The van der Waals surface area contributed by atoms with Crippen LogP contribution in [0.2, 0.25) is 5.02 Å². The Bertz CT molecular complexity index is 526. The average Bonchev–Trinajstić information content (AvgIpc) is 2.39. The molecule has 0 spiro atoms. The summed E-state index contributed by atoms with van der Waals surface area (Å²) >= 11 is 6.14. The second-order valence-electron chi connectivity index (χ2n) is 3.99. The van der Waals surface area contributed by atoms with Gasteiger partial charge < -0.3 is 16.2 Å². The molecule has 18 heavy (non-hydrogen) atoms. The van der Waals surface area contributed by atoms with Gasteiger partial charge >= 0.3 is 0 Å². The Hall–Kier alpha value is -1.71. The molecule has 0 aromatic heterocycles. The second kappa shape index (κ2) is 5.76. The number of ether oxygens (including phenoxy) is 1. The summed E-state index contributed by atoms with van der Waals surface area (Å²) in [6.45, 7) is 0.909. The molecule has 0 saturated heterocycles. The van der Waals surface area contributed by atoms with Crippen molar-refractivity contribution in [3.63, 3.8) is 0 Å². The highest BCUT2D eigenvalue weighted by atomic mass is 35.5. The van der Waals surface area contributed by atoms with Crippen molar-refractivity contribution in [2.75, 3.05) is 5.73 Å². The van der Waals surface area contributed by atoms with E-state index in [4.69, 9.17) is 27.8 Å². The van der Waals surface area contributed by atoms with E-state index in [1.165, 1.54) is 0 Å². The Labute approximate surface area is 111 Å². The zero-order chi connectivity index (χ0) is 13.0. The number of hydrogen-bond acceptors (Lipinski definition) is 3. The molecule has 0 bridgehead atoms. The van der Waals surface area contributed by atoms with E-state index in [1.807, 2.05) is 30.3 Å². The van der Waals surface area contributed by atoms with Crippen LogP contribution in [0.5, 0.6) is 5.75 Å². The summed E-state index contributed by atoms with van der Waals surface area (Å²) in [5.41, 5.74) is 13.8. The normalized spacial score (nSPS) is 10.3. The van der Waals surface area contributed by atoms with Crippen LogP contribution in [0.3, 0.4) is 0 Å². The van der Waals surface area contributed by atoms with Crippen molar-refractivity contribution >= 4 is 17.3 Å². The highest BCUT2D eigenvalue weighted by molar-refractivity contribution is 6.31. The molecule has 0 atom stereocenters. The first kappa shape index (κ1) is 12.7. The standard InChI is InChI=1S/C14H15ClN2O/c15-14-7-10(8-16)1-2-11(14)9-18-13-5-3-12(17)4-6-13/h1-7H,8-9,16-17H2. The molecule has 0 radical (unpaired) electrons. The molecule has 2 aromatic carbocycles. The van der Waals surface area contributed by atoms with Crippen LogP contribution >= 0.6 is 11.6 Å². The van der Waals surface area contributed by atoms with Gasteiger partial charge in [0.2, 0.25) is 0 Å². The lowest BCUT2D eigenvalue weighted by atomic mass is 10.1. The number of benzene rings is 2. The summed E-state index contributed by atoms with van der Waals surface area (Å²) in [4.78, 5) is 0. The van der Waals surface area contributed by atoms with Crippen molar-refractivity contribution in [2.45, 2.75) is 13.2 Å². The molecule has 0 amide bonds. The Morgan fingerprint density at radius 2 is 1.78 bits per heavy atom. The van der Waals surface area contributed by atoms with Gasteiger partial charge in [-0.05, 0) is 35.9 Å². The largest absolute Gasteiger partial charge is 0.489 e. The molecule has 4 N–H and O–H groups in total. The summed E-state index contributed by atoms with van der Waals surface area (Å²) in [6.07, 6.45) is 0. The van der Waals surface area contributed by atoms with E-state index in [0.29, 0.717) is 23.9 Å². The van der Waals surface area contributed by atoms with Crippen molar-refractivity contribution in [2.24, 2.45) is 5.73 Å². The third-order valence-electron chi connectivity index (χ3n) is 2.63. The first-order valence-electron chi connectivity index (χ1n) is 5.65. The fraction of sp³-hybridized carbons (Fsp3) is 0.143. The molecule has 0 saturated carbocycles. The van der Waals surface area contributed by atoms with E-state index >= 15 is 0 Å². The zero-order valence-corrected chi connectivity index (χ0v) is 10.7. The first-order chi connectivity index (χ1) is 8.69. The molecular formula is C14H15ClN2O. The van der Waals surface area contributed by atoms with Crippen LogP contribution in [0.25, 0.3) is 0 Å². The molecule has 0 aliphatic carbocycles. The molecule has 3 nitrogen and oxygen atoms in total. The van der Waals surface area contributed by atoms with Crippen LogP contribution in [-0.2, 0) is 13.2 Å². The van der Waals surface area contributed by atoms with Gasteiger partial charge in [0.05, 0.1) is 0 Å². The van der Waals surface area contributed by atoms with Crippen molar-refractivity contribution in [3.05, 3.63) is 58.6 Å². The topological polar surface area (TPSA) is 61.3 Å². The quantitative estimate of drug-likeness (QED) is 0.833. The first-order valence-corrected chi connectivity index (χ1v) is 6.02. The van der Waals surface area contributed by atoms with E-state index in [1.54, 1.807) is 12.1 Å². The van der Waals surface area contributed by atoms with Crippen LogP contribution in [0.15, 0.2) is 42.5 Å². The SMILES string of the molecule is NCc1ccc(COc2ccc(N)cc2)c(Cl)c1. The lowest BCUT2D eigenvalue weighted by Gasteiger charge is -2.09. The van der Waals surface area contributed by atoms with Crippen molar-refractivity contribution in [1.82, 2.24) is 0 Å². The van der Waals surface area contributed by atoms with Crippen molar-refractivity contribution in [1.29, 1.82) is 0 Å². The minimum Gasteiger partial charge on any atom is -0.489 e. The van der Waals surface area contributed by atoms with E-state index in [2.05, 4.69) is 0 Å². The third-order valence-corrected chi connectivity index (χ3v) is 2.98. The maximum absolute atomic E-state index is 6.14. The van der Waals surface area contributed by atoms with Crippen molar-refractivity contribution < 1.29 is 4.74 Å². The zero-order valence-electron chi connectivity index (χ0n) is 9.90. The van der Waals surface area contributed by atoms with Crippen molar-refractivity contribution in [3.8, 4) is 5.75 Å². The predicted molar refractivity (Wildman–Crippen MR) is 74.5 cm³/mol. The summed E-state index contributed by atoms with van der Waals surface area (Å²) in [7, 11) is 0. The van der Waals surface area contributed by atoms with Crippen LogP contribution in [-0.4, -0.2) is 0 Å². The molecular weight excluding hydrogens is 248 g/mol. The number of nitrogen functional groups attached to an aromatic ring is 1. The molecule has 0 heterocycles. The summed E-state index contributed by atoms with van der Waals surface area (Å²) in [6, 6.07) is 13.0. The van der Waals surface area contributed by atoms with Gasteiger partial charge in [-0.3, -0.25) is 0 Å².